The van der Waals surface area contributed by atoms with Gasteiger partial charge in [-0.1, -0.05) is 64.7 Å². The Morgan fingerprint density at radius 3 is 2.32 bits per heavy atom. The minimum atomic E-state index is 0.630. The molecule has 0 bridgehead atoms. The number of aromatic amines is 2. The van der Waals surface area contributed by atoms with Crippen LogP contribution in [-0.4, -0.2) is 22.3 Å². The van der Waals surface area contributed by atoms with E-state index in [1.54, 1.807) is 0 Å². The number of H-pyrrole nitrogens is 2. The number of aryl methyl sites for hydroxylation is 1. The van der Waals surface area contributed by atoms with Gasteiger partial charge in [-0.3, -0.25) is 0 Å². The lowest BCUT2D eigenvalue weighted by atomic mass is 10.1. The Labute approximate surface area is 187 Å². The summed E-state index contributed by atoms with van der Waals surface area (Å²) in [6.45, 7) is 4.91. The zero-order valence-corrected chi connectivity index (χ0v) is 19.4. The van der Waals surface area contributed by atoms with Crippen LogP contribution in [0.3, 0.4) is 0 Å². The van der Waals surface area contributed by atoms with Crippen molar-refractivity contribution in [1.29, 1.82) is 0 Å². The van der Waals surface area contributed by atoms with Gasteiger partial charge in [0.05, 0.1) is 18.0 Å². The number of aliphatic imine (C=N–C) groups is 1. The van der Waals surface area contributed by atoms with Gasteiger partial charge in [0.1, 0.15) is 11.5 Å². The van der Waals surface area contributed by atoms with Crippen LogP contribution in [-0.2, 0) is 11.2 Å². The van der Waals surface area contributed by atoms with E-state index < -0.39 is 0 Å². The van der Waals surface area contributed by atoms with Gasteiger partial charge in [0.2, 0.25) is 0 Å². The normalized spacial score (nSPS) is 14.8. The van der Waals surface area contributed by atoms with Crippen molar-refractivity contribution in [3.63, 3.8) is 0 Å². The van der Waals surface area contributed by atoms with Gasteiger partial charge < -0.3 is 14.7 Å². The standard InChI is InChI=1S/C27H39N3O/c1-3-5-6-7-8-9-10-11-12-13-15-22-17-18-23(29-22)20-26-27(31-4-2)21-25(30-26)24-16-14-19-28-24/h14,16-21,28-29H,3-13,15H2,1-2H3/b26-20-. The summed E-state index contributed by atoms with van der Waals surface area (Å²) in [4.78, 5) is 11.5. The molecule has 4 heteroatoms. The summed E-state index contributed by atoms with van der Waals surface area (Å²) in [5, 5.41) is 0. The van der Waals surface area contributed by atoms with E-state index in [9.17, 15) is 0 Å². The second-order valence-corrected chi connectivity index (χ2v) is 8.42. The molecule has 0 saturated carbocycles. The van der Waals surface area contributed by atoms with Crippen molar-refractivity contribution in [2.75, 3.05) is 6.61 Å². The van der Waals surface area contributed by atoms with Crippen LogP contribution >= 0.6 is 0 Å². The molecule has 31 heavy (non-hydrogen) atoms. The minimum Gasteiger partial charge on any atom is -0.492 e. The number of allylic oxidation sites excluding steroid dienone is 1. The smallest absolute Gasteiger partial charge is 0.147 e. The van der Waals surface area contributed by atoms with Crippen molar-refractivity contribution in [2.45, 2.75) is 84.5 Å². The third kappa shape index (κ3) is 7.61. The first-order chi connectivity index (χ1) is 15.3. The zero-order chi connectivity index (χ0) is 21.7. The molecule has 3 rings (SSSR count). The summed E-state index contributed by atoms with van der Waals surface area (Å²) in [5.74, 6) is 0.831. The first-order valence-corrected chi connectivity index (χ1v) is 12.3. The monoisotopic (exact) mass is 421 g/mol. The maximum Gasteiger partial charge on any atom is 0.147 e. The number of rotatable bonds is 15. The van der Waals surface area contributed by atoms with Gasteiger partial charge >= 0.3 is 0 Å². The fourth-order valence-electron chi connectivity index (χ4n) is 4.06. The quantitative estimate of drug-likeness (QED) is 0.286. The first-order valence-electron chi connectivity index (χ1n) is 12.3. The van der Waals surface area contributed by atoms with Gasteiger partial charge in [-0.2, -0.15) is 0 Å². The molecule has 2 N–H and O–H groups in total. The Hall–Kier alpha value is -2.49. The molecular weight excluding hydrogens is 382 g/mol. The predicted octanol–water partition coefficient (Wildman–Crippen LogP) is 7.57. The lowest BCUT2D eigenvalue weighted by molar-refractivity contribution is 0.239. The summed E-state index contributed by atoms with van der Waals surface area (Å²) >= 11 is 0. The molecule has 2 aromatic heterocycles. The van der Waals surface area contributed by atoms with Gasteiger partial charge in [-0.25, -0.2) is 4.99 Å². The van der Waals surface area contributed by atoms with Crippen LogP contribution in [0.2, 0.25) is 0 Å². The van der Waals surface area contributed by atoms with Crippen LogP contribution < -0.4 is 0 Å². The fraction of sp³-hybridized carbons (Fsp3) is 0.519. The molecule has 0 fully saturated rings. The second kappa shape index (κ2) is 13.0. The van der Waals surface area contributed by atoms with Gasteiger partial charge in [0.25, 0.3) is 0 Å². The van der Waals surface area contributed by atoms with Crippen molar-refractivity contribution < 1.29 is 4.74 Å². The molecule has 0 unspecified atom stereocenters. The summed E-state index contributed by atoms with van der Waals surface area (Å²) in [5.41, 5.74) is 5.18. The van der Waals surface area contributed by atoms with E-state index in [2.05, 4.69) is 35.1 Å². The van der Waals surface area contributed by atoms with E-state index >= 15 is 0 Å². The van der Waals surface area contributed by atoms with Crippen molar-refractivity contribution >= 4 is 11.8 Å². The Morgan fingerprint density at radius 1 is 0.903 bits per heavy atom. The molecule has 2 aromatic rings. The number of hydrogen-bond donors (Lipinski definition) is 2. The molecule has 168 valence electrons. The average Bonchev–Trinajstić information content (AvgIpc) is 3.52. The summed E-state index contributed by atoms with van der Waals surface area (Å²) in [6.07, 6.45) is 20.9. The van der Waals surface area contributed by atoms with Crippen LogP contribution in [0.4, 0.5) is 0 Å². The zero-order valence-electron chi connectivity index (χ0n) is 19.4. The summed E-state index contributed by atoms with van der Waals surface area (Å²) < 4.78 is 5.81. The SMILES string of the molecule is CCCCCCCCCCCCc1ccc(/C=C2\N=C(c3ccc[nH]3)C=C2OCC)[nH]1. The third-order valence-corrected chi connectivity index (χ3v) is 5.80. The highest BCUT2D eigenvalue weighted by molar-refractivity contribution is 6.11. The van der Waals surface area contributed by atoms with E-state index in [1.165, 1.54) is 69.9 Å². The molecule has 0 spiro atoms. The Morgan fingerprint density at radius 2 is 1.65 bits per heavy atom. The van der Waals surface area contributed by atoms with Gasteiger partial charge in [0.15, 0.2) is 0 Å². The molecular formula is C27H39N3O. The number of ether oxygens (including phenoxy) is 1. The van der Waals surface area contributed by atoms with Gasteiger partial charge in [0, 0.05) is 23.7 Å². The molecule has 0 aromatic carbocycles. The largest absolute Gasteiger partial charge is 0.492 e. The number of nitrogens with one attached hydrogen (secondary N) is 2. The Bertz CT molecular complexity index is 855. The van der Waals surface area contributed by atoms with Crippen LogP contribution in [0.15, 0.2) is 53.0 Å². The predicted molar refractivity (Wildman–Crippen MR) is 131 cm³/mol. The molecule has 1 aliphatic rings. The Kier molecular flexibility index (Phi) is 9.75. The van der Waals surface area contributed by atoms with E-state index in [0.29, 0.717) is 6.61 Å². The highest BCUT2D eigenvalue weighted by Crippen LogP contribution is 2.25. The lowest BCUT2D eigenvalue weighted by Crippen LogP contribution is -1.94. The molecule has 0 atom stereocenters. The van der Waals surface area contributed by atoms with E-state index in [0.717, 1.165) is 35.0 Å². The third-order valence-electron chi connectivity index (χ3n) is 5.80. The van der Waals surface area contributed by atoms with Crippen LogP contribution in [0.1, 0.15) is 95.1 Å². The van der Waals surface area contributed by atoms with Crippen LogP contribution in [0, 0.1) is 0 Å². The lowest BCUT2D eigenvalue weighted by Gasteiger charge is -2.04. The van der Waals surface area contributed by atoms with Crippen molar-refractivity contribution in [1.82, 2.24) is 9.97 Å². The molecule has 0 saturated heterocycles. The number of aromatic nitrogens is 2. The molecule has 0 amide bonds. The van der Waals surface area contributed by atoms with Crippen molar-refractivity contribution in [2.24, 2.45) is 4.99 Å². The number of hydrogen-bond acceptors (Lipinski definition) is 2. The van der Waals surface area contributed by atoms with E-state index in [1.807, 2.05) is 31.3 Å². The van der Waals surface area contributed by atoms with Crippen LogP contribution in [0.25, 0.3) is 6.08 Å². The maximum atomic E-state index is 5.81. The summed E-state index contributed by atoms with van der Waals surface area (Å²) in [7, 11) is 0. The molecule has 0 radical (unpaired) electrons. The highest BCUT2D eigenvalue weighted by Gasteiger charge is 2.17. The molecule has 3 heterocycles. The minimum absolute atomic E-state index is 0.630. The van der Waals surface area contributed by atoms with E-state index in [-0.39, 0.29) is 0 Å². The highest BCUT2D eigenvalue weighted by atomic mass is 16.5. The van der Waals surface area contributed by atoms with E-state index in [4.69, 9.17) is 9.73 Å². The van der Waals surface area contributed by atoms with Crippen molar-refractivity contribution in [3.8, 4) is 0 Å². The van der Waals surface area contributed by atoms with Crippen LogP contribution in [0.5, 0.6) is 0 Å². The van der Waals surface area contributed by atoms with Crippen molar-refractivity contribution in [3.05, 3.63) is 65.1 Å². The maximum absolute atomic E-state index is 5.81. The van der Waals surface area contributed by atoms with Gasteiger partial charge in [-0.15, -0.1) is 0 Å². The number of nitrogens with zero attached hydrogens (tertiary/aromatic N) is 1. The average molecular weight is 422 g/mol. The number of unbranched alkanes of at least 4 members (excludes halogenated alkanes) is 9. The fourth-order valence-corrected chi connectivity index (χ4v) is 4.06. The summed E-state index contributed by atoms with van der Waals surface area (Å²) in [6, 6.07) is 8.36. The molecule has 0 aliphatic carbocycles. The van der Waals surface area contributed by atoms with Gasteiger partial charge in [-0.05, 0) is 50.1 Å². The topological polar surface area (TPSA) is 53.2 Å². The Balaban J connectivity index is 1.43. The first kappa shape index (κ1) is 23.2. The second-order valence-electron chi connectivity index (χ2n) is 8.42. The molecule has 1 aliphatic heterocycles. The molecule has 4 nitrogen and oxygen atoms in total.